The first-order valence-corrected chi connectivity index (χ1v) is 7.83. The van der Waals surface area contributed by atoms with E-state index in [-0.39, 0.29) is 0 Å². The third kappa shape index (κ3) is 1.55. The average molecular weight is 310 g/mol. The van der Waals surface area contributed by atoms with Gasteiger partial charge < -0.3 is 14.9 Å². The van der Waals surface area contributed by atoms with Crippen LogP contribution >= 0.6 is 0 Å². The van der Waals surface area contributed by atoms with Crippen molar-refractivity contribution in [1.82, 2.24) is 0 Å². The highest BCUT2D eigenvalue weighted by atomic mass is 16.7. The van der Waals surface area contributed by atoms with Crippen molar-refractivity contribution < 1.29 is 19.7 Å². The number of hydrogen-bond acceptors (Lipinski definition) is 4. The topological polar surface area (TPSA) is 66.8 Å². The van der Waals surface area contributed by atoms with Gasteiger partial charge in [-0.15, -0.1) is 0 Å². The van der Waals surface area contributed by atoms with Crippen LogP contribution in [0.4, 0.5) is 0 Å². The number of allylic oxidation sites excluding steroid dienone is 4. The molecule has 1 aromatic carbocycles. The van der Waals surface area contributed by atoms with Crippen LogP contribution < -0.4 is 4.74 Å². The van der Waals surface area contributed by atoms with Gasteiger partial charge in [0.05, 0.1) is 0 Å². The van der Waals surface area contributed by atoms with E-state index in [1.807, 2.05) is 31.2 Å². The zero-order chi connectivity index (χ0) is 16.4. The quantitative estimate of drug-likeness (QED) is 0.835. The lowest BCUT2D eigenvalue weighted by molar-refractivity contribution is -0.207. The second kappa shape index (κ2) is 4.43. The number of fused-ring (bicyclic) bond motifs is 4. The first-order valence-electron chi connectivity index (χ1n) is 7.83. The molecular formula is C19H18O4. The van der Waals surface area contributed by atoms with Crippen molar-refractivity contribution in [2.24, 2.45) is 0 Å². The molecule has 0 saturated carbocycles. The molecule has 0 saturated heterocycles. The number of carbonyl (C=O) groups is 1. The molecule has 0 amide bonds. The molecule has 2 N–H and O–H groups in total. The summed E-state index contributed by atoms with van der Waals surface area (Å²) in [7, 11) is 0. The summed E-state index contributed by atoms with van der Waals surface area (Å²) in [6, 6.07) is 5.32. The van der Waals surface area contributed by atoms with Gasteiger partial charge in [-0.2, -0.15) is 0 Å². The third-order valence-corrected chi connectivity index (χ3v) is 5.06. The molecule has 4 rings (SSSR count). The summed E-state index contributed by atoms with van der Waals surface area (Å²) in [6.07, 6.45) is 6.69. The van der Waals surface area contributed by atoms with Crippen LogP contribution in [0.2, 0.25) is 0 Å². The van der Waals surface area contributed by atoms with Crippen LogP contribution in [-0.4, -0.2) is 21.8 Å². The van der Waals surface area contributed by atoms with Gasteiger partial charge in [0.25, 0.3) is 5.79 Å². The molecule has 118 valence electrons. The van der Waals surface area contributed by atoms with Gasteiger partial charge in [-0.3, -0.25) is 4.79 Å². The molecule has 2 atom stereocenters. The Hall–Kier alpha value is -2.17. The molecule has 1 heterocycles. The van der Waals surface area contributed by atoms with Gasteiger partial charge in [0.15, 0.2) is 0 Å². The van der Waals surface area contributed by atoms with Crippen LogP contribution in [0.3, 0.4) is 0 Å². The maximum absolute atomic E-state index is 13.0. The van der Waals surface area contributed by atoms with E-state index in [2.05, 4.69) is 0 Å². The van der Waals surface area contributed by atoms with Crippen molar-refractivity contribution in [2.75, 3.05) is 0 Å². The Kier molecular flexibility index (Phi) is 2.78. The van der Waals surface area contributed by atoms with Crippen molar-refractivity contribution in [2.45, 2.75) is 38.1 Å². The Balaban J connectivity index is 1.95. The summed E-state index contributed by atoms with van der Waals surface area (Å²) in [5.41, 5.74) is 0.832. The zero-order valence-corrected chi connectivity index (χ0v) is 13.1. The summed E-state index contributed by atoms with van der Waals surface area (Å²) in [6.45, 7) is 3.81. The maximum atomic E-state index is 13.0. The number of hydrogen-bond donors (Lipinski definition) is 2. The highest BCUT2D eigenvalue weighted by molar-refractivity contribution is 6.11. The smallest absolute Gasteiger partial charge is 0.273 e. The first kappa shape index (κ1) is 14.4. The van der Waals surface area contributed by atoms with Gasteiger partial charge in [0.2, 0.25) is 11.4 Å². The van der Waals surface area contributed by atoms with Gasteiger partial charge >= 0.3 is 0 Å². The highest BCUT2D eigenvalue weighted by Gasteiger charge is 2.71. The van der Waals surface area contributed by atoms with Crippen molar-refractivity contribution >= 4 is 5.78 Å². The molecule has 2 unspecified atom stereocenters. The van der Waals surface area contributed by atoms with Crippen LogP contribution in [0, 0.1) is 0 Å². The minimum absolute atomic E-state index is 0.340. The van der Waals surface area contributed by atoms with E-state index in [9.17, 15) is 15.0 Å². The predicted octanol–water partition coefficient (Wildman–Crippen LogP) is 2.30. The minimum Gasteiger partial charge on any atom is -0.454 e. The molecule has 0 spiro atoms. The van der Waals surface area contributed by atoms with E-state index in [4.69, 9.17) is 4.74 Å². The molecule has 0 radical (unpaired) electrons. The van der Waals surface area contributed by atoms with Gasteiger partial charge in [0, 0.05) is 16.7 Å². The van der Waals surface area contributed by atoms with Crippen LogP contribution in [0.25, 0.3) is 0 Å². The Morgan fingerprint density at radius 1 is 1.30 bits per heavy atom. The van der Waals surface area contributed by atoms with E-state index < -0.39 is 17.2 Å². The number of aliphatic hydroxyl groups is 2. The largest absolute Gasteiger partial charge is 0.454 e. The zero-order valence-electron chi connectivity index (χ0n) is 13.1. The molecule has 1 aromatic rings. The Morgan fingerprint density at radius 2 is 2.09 bits per heavy atom. The second-order valence-electron chi connectivity index (χ2n) is 6.31. The van der Waals surface area contributed by atoms with E-state index in [0.29, 0.717) is 28.9 Å². The number of rotatable bonds is 1. The Labute approximate surface area is 134 Å². The molecule has 4 heteroatoms. The predicted molar refractivity (Wildman–Crippen MR) is 84.8 cm³/mol. The molecule has 23 heavy (non-hydrogen) atoms. The molecule has 0 fully saturated rings. The van der Waals surface area contributed by atoms with Gasteiger partial charge in [-0.25, -0.2) is 0 Å². The van der Waals surface area contributed by atoms with Crippen LogP contribution in [-0.2, 0) is 16.8 Å². The van der Waals surface area contributed by atoms with Crippen LogP contribution in [0.5, 0.6) is 5.75 Å². The fourth-order valence-corrected chi connectivity index (χ4v) is 3.77. The molecule has 0 bridgehead atoms. The van der Waals surface area contributed by atoms with E-state index in [0.717, 1.165) is 17.6 Å². The van der Waals surface area contributed by atoms with E-state index >= 15 is 0 Å². The Bertz CT molecular complexity index is 830. The number of ketones is 1. The summed E-state index contributed by atoms with van der Waals surface area (Å²) < 4.78 is 5.77. The van der Waals surface area contributed by atoms with Gasteiger partial charge in [-0.05, 0) is 37.0 Å². The number of ether oxygens (including phenoxy) is 1. The lowest BCUT2D eigenvalue weighted by atomic mass is 9.84. The van der Waals surface area contributed by atoms with Gasteiger partial charge in [0.1, 0.15) is 5.75 Å². The van der Waals surface area contributed by atoms with Crippen LogP contribution in [0.15, 0.2) is 53.1 Å². The van der Waals surface area contributed by atoms with E-state index in [1.54, 1.807) is 19.1 Å². The number of benzene rings is 1. The fraction of sp³-hybridized carbons (Fsp3) is 0.316. The van der Waals surface area contributed by atoms with Gasteiger partial charge in [-0.1, -0.05) is 37.3 Å². The summed E-state index contributed by atoms with van der Waals surface area (Å²) in [4.78, 5) is 13.0. The number of carbonyl (C=O) groups excluding carboxylic acids is 1. The average Bonchev–Trinajstić information content (AvgIpc) is 2.75. The lowest BCUT2D eigenvalue weighted by Crippen LogP contribution is -2.53. The maximum Gasteiger partial charge on any atom is 0.273 e. The molecule has 2 aliphatic carbocycles. The standard InChI is InChI=1S/C19H18O4/c1-3-12-8-9-13-15(10-12)23-19(22)14-7-5-4-6-11(2)16(14)17(20)18(13,19)21/h4-6,8-10,21-22H,3,7H2,1-2H3. The Morgan fingerprint density at radius 3 is 2.83 bits per heavy atom. The first-order chi connectivity index (χ1) is 10.9. The SMILES string of the molecule is CCc1ccc2c(c1)OC1(O)C3=C(C(=O)C21O)C(C)=CC=CC3. The van der Waals surface area contributed by atoms with Crippen molar-refractivity contribution in [3.05, 3.63) is 64.3 Å². The molecule has 1 aliphatic heterocycles. The summed E-state index contributed by atoms with van der Waals surface area (Å²) in [5, 5.41) is 22.4. The number of Topliss-reactive ketones (excluding diaryl/α,β-unsaturated/α-hetero) is 1. The van der Waals surface area contributed by atoms with Crippen molar-refractivity contribution in [3.8, 4) is 5.75 Å². The fourth-order valence-electron chi connectivity index (χ4n) is 3.77. The molecule has 4 nitrogen and oxygen atoms in total. The summed E-state index contributed by atoms with van der Waals surface area (Å²) >= 11 is 0. The number of aryl methyl sites for hydroxylation is 1. The molecular weight excluding hydrogens is 292 g/mol. The third-order valence-electron chi connectivity index (χ3n) is 5.06. The normalized spacial score (nSPS) is 31.3. The minimum atomic E-state index is -2.07. The summed E-state index contributed by atoms with van der Waals surface area (Å²) in [5.74, 6) is -2.14. The van der Waals surface area contributed by atoms with Crippen molar-refractivity contribution in [3.63, 3.8) is 0 Å². The van der Waals surface area contributed by atoms with Crippen LogP contribution in [0.1, 0.15) is 31.4 Å². The molecule has 0 aromatic heterocycles. The molecule has 3 aliphatic rings. The second-order valence-corrected chi connectivity index (χ2v) is 6.31. The highest BCUT2D eigenvalue weighted by Crippen LogP contribution is 2.58. The lowest BCUT2D eigenvalue weighted by Gasteiger charge is -2.30. The van der Waals surface area contributed by atoms with Crippen molar-refractivity contribution in [1.29, 1.82) is 0 Å². The monoisotopic (exact) mass is 310 g/mol. The van der Waals surface area contributed by atoms with E-state index in [1.165, 1.54) is 0 Å².